The normalized spacial score (nSPS) is 40.0. The van der Waals surface area contributed by atoms with Crippen molar-refractivity contribution in [2.24, 2.45) is 0 Å². The Morgan fingerprint density at radius 2 is 2.42 bits per heavy atom. The molecule has 0 amide bonds. The number of hydrogen-bond donors (Lipinski definition) is 0. The molecule has 2 heterocycles. The van der Waals surface area contributed by atoms with E-state index in [4.69, 9.17) is 4.84 Å². The highest BCUT2D eigenvalue weighted by Gasteiger charge is 2.47. The Morgan fingerprint density at radius 1 is 1.67 bits per heavy atom. The second kappa shape index (κ2) is 2.49. The van der Waals surface area contributed by atoms with Gasteiger partial charge in [-0.25, -0.2) is 0 Å². The number of Topliss-reactive ketones (excluding diaryl/α,β-unsaturated/α-hetero) is 1. The highest BCUT2D eigenvalue weighted by atomic mass is 16.7. The molecule has 66 valence electrons. The summed E-state index contributed by atoms with van der Waals surface area (Å²) in [6, 6.07) is 0. The van der Waals surface area contributed by atoms with Crippen molar-refractivity contribution in [1.29, 1.82) is 0 Å². The molecule has 2 aliphatic heterocycles. The molecule has 6 heteroatoms. The summed E-state index contributed by atoms with van der Waals surface area (Å²) < 4.78 is 0. The number of ketones is 1. The minimum absolute atomic E-state index is 0.0180. The van der Waals surface area contributed by atoms with Crippen LogP contribution in [0.5, 0.6) is 0 Å². The van der Waals surface area contributed by atoms with Crippen LogP contribution in [0, 0.1) is 10.1 Å². The molecule has 2 bridgehead atoms. The molecule has 0 saturated carbocycles. The summed E-state index contributed by atoms with van der Waals surface area (Å²) in [5, 5.41) is 11.7. The maximum atomic E-state index is 11.0. The van der Waals surface area contributed by atoms with Crippen LogP contribution in [0.2, 0.25) is 0 Å². The fourth-order valence-corrected chi connectivity index (χ4v) is 1.55. The molecule has 0 N–H and O–H groups in total. The average Bonchev–Trinajstić information content (AvgIpc) is 2.37. The van der Waals surface area contributed by atoms with E-state index in [1.807, 2.05) is 0 Å². The van der Waals surface area contributed by atoms with E-state index in [1.54, 1.807) is 0 Å². The van der Waals surface area contributed by atoms with E-state index in [1.165, 1.54) is 5.06 Å². The predicted octanol–water partition coefficient (Wildman–Crippen LogP) is -0.432. The van der Waals surface area contributed by atoms with Crippen LogP contribution in [0.4, 0.5) is 0 Å². The van der Waals surface area contributed by atoms with E-state index < -0.39 is 17.2 Å². The van der Waals surface area contributed by atoms with E-state index in [0.29, 0.717) is 13.0 Å². The maximum absolute atomic E-state index is 11.0. The second-order valence-corrected chi connectivity index (χ2v) is 2.95. The van der Waals surface area contributed by atoms with Gasteiger partial charge in [0.25, 0.3) is 6.17 Å². The lowest BCUT2D eigenvalue weighted by Crippen LogP contribution is -2.38. The molecule has 0 radical (unpaired) electrons. The molecule has 3 atom stereocenters. The van der Waals surface area contributed by atoms with E-state index >= 15 is 0 Å². The molecule has 1 unspecified atom stereocenters. The van der Waals surface area contributed by atoms with Crippen LogP contribution >= 0.6 is 0 Å². The van der Waals surface area contributed by atoms with Gasteiger partial charge in [0.2, 0.25) is 0 Å². The van der Waals surface area contributed by atoms with E-state index in [9.17, 15) is 14.9 Å². The van der Waals surface area contributed by atoms with Gasteiger partial charge in [-0.2, -0.15) is 0 Å². The summed E-state index contributed by atoms with van der Waals surface area (Å²) >= 11 is 0. The van der Waals surface area contributed by atoms with Crippen molar-refractivity contribution in [3.8, 4) is 0 Å². The van der Waals surface area contributed by atoms with Crippen molar-refractivity contribution < 1.29 is 14.6 Å². The lowest BCUT2D eigenvalue weighted by Gasteiger charge is -2.20. The SMILES string of the molecule is O=C1CCN2O[C@@H]1C[C@@H]2[N+](=O)[O-]. The van der Waals surface area contributed by atoms with Gasteiger partial charge in [0, 0.05) is 17.9 Å². The average molecular weight is 172 g/mol. The molecular weight excluding hydrogens is 164 g/mol. The Labute approximate surface area is 68.2 Å². The van der Waals surface area contributed by atoms with E-state index in [-0.39, 0.29) is 12.2 Å². The van der Waals surface area contributed by atoms with Crippen LogP contribution in [-0.4, -0.2) is 34.6 Å². The van der Waals surface area contributed by atoms with Gasteiger partial charge in [-0.3, -0.25) is 19.7 Å². The van der Waals surface area contributed by atoms with Gasteiger partial charge in [-0.15, -0.1) is 5.06 Å². The molecule has 0 aliphatic carbocycles. The zero-order valence-corrected chi connectivity index (χ0v) is 6.30. The first-order chi connectivity index (χ1) is 5.68. The second-order valence-electron chi connectivity index (χ2n) is 2.95. The first-order valence-electron chi connectivity index (χ1n) is 3.78. The first-order valence-corrected chi connectivity index (χ1v) is 3.78. The third-order valence-electron chi connectivity index (χ3n) is 2.20. The van der Waals surface area contributed by atoms with Crippen LogP contribution in [0.3, 0.4) is 0 Å². The lowest BCUT2D eigenvalue weighted by atomic mass is 10.1. The number of hydrogen-bond acceptors (Lipinski definition) is 5. The molecule has 2 aliphatic rings. The summed E-state index contributed by atoms with van der Waals surface area (Å²) in [6.45, 7) is 0.348. The Bertz CT molecular complexity index is 242. The molecular formula is C6H8N2O4. The molecule has 6 nitrogen and oxygen atoms in total. The van der Waals surface area contributed by atoms with Crippen molar-refractivity contribution in [2.45, 2.75) is 25.1 Å². The zero-order chi connectivity index (χ0) is 8.72. The fraction of sp³-hybridized carbons (Fsp3) is 0.833. The fourth-order valence-electron chi connectivity index (χ4n) is 1.55. The molecule has 0 spiro atoms. The number of nitro groups is 1. The quantitative estimate of drug-likeness (QED) is 0.396. The monoisotopic (exact) mass is 172 g/mol. The van der Waals surface area contributed by atoms with Crippen LogP contribution in [0.1, 0.15) is 12.8 Å². The molecule has 2 rings (SSSR count). The number of rotatable bonds is 1. The topological polar surface area (TPSA) is 72.7 Å². The molecule has 0 aromatic rings. The van der Waals surface area contributed by atoms with Crippen molar-refractivity contribution in [2.75, 3.05) is 6.54 Å². The van der Waals surface area contributed by atoms with Crippen molar-refractivity contribution >= 4 is 5.78 Å². The minimum Gasteiger partial charge on any atom is -0.297 e. The van der Waals surface area contributed by atoms with Gasteiger partial charge in [0.05, 0.1) is 6.42 Å². The van der Waals surface area contributed by atoms with Crippen LogP contribution in [0.15, 0.2) is 0 Å². The summed E-state index contributed by atoms with van der Waals surface area (Å²) in [7, 11) is 0. The first kappa shape index (κ1) is 7.63. The number of fused-ring (bicyclic) bond motifs is 2. The summed E-state index contributed by atoms with van der Waals surface area (Å²) in [5.74, 6) is -0.0180. The highest BCUT2D eigenvalue weighted by molar-refractivity contribution is 5.84. The van der Waals surface area contributed by atoms with Crippen LogP contribution in [0.25, 0.3) is 0 Å². The molecule has 2 saturated heterocycles. The van der Waals surface area contributed by atoms with E-state index in [2.05, 4.69) is 0 Å². The van der Waals surface area contributed by atoms with Crippen molar-refractivity contribution in [3.63, 3.8) is 0 Å². The molecule has 0 aromatic heterocycles. The molecule has 12 heavy (non-hydrogen) atoms. The van der Waals surface area contributed by atoms with Gasteiger partial charge >= 0.3 is 0 Å². The summed E-state index contributed by atoms with van der Waals surface area (Å²) in [6.07, 6.45) is -0.809. The number of hydroxylamine groups is 2. The Balaban J connectivity index is 2.15. The van der Waals surface area contributed by atoms with Gasteiger partial charge in [0.15, 0.2) is 5.78 Å². The largest absolute Gasteiger partial charge is 0.297 e. The predicted molar refractivity (Wildman–Crippen MR) is 36.6 cm³/mol. The van der Waals surface area contributed by atoms with Gasteiger partial charge in [-0.1, -0.05) is 0 Å². The standard InChI is InChI=1S/C6H8N2O4/c9-4-1-2-7-6(8(10)11)3-5(4)12-7/h5-6H,1-3H2/t5-,6+/m1/s1. The Kier molecular flexibility index (Phi) is 1.59. The molecule has 2 fully saturated rings. The number of nitrogens with zero attached hydrogens (tertiary/aromatic N) is 2. The zero-order valence-electron chi connectivity index (χ0n) is 6.30. The van der Waals surface area contributed by atoms with E-state index in [0.717, 1.165) is 0 Å². The smallest absolute Gasteiger partial charge is 0.292 e. The van der Waals surface area contributed by atoms with Gasteiger partial charge in [0.1, 0.15) is 6.10 Å². The lowest BCUT2D eigenvalue weighted by molar-refractivity contribution is -0.561. The Hall–Kier alpha value is -1.01. The summed E-state index contributed by atoms with van der Waals surface area (Å²) in [5.41, 5.74) is 0. The highest BCUT2D eigenvalue weighted by Crippen LogP contribution is 2.27. The van der Waals surface area contributed by atoms with Crippen LogP contribution in [-0.2, 0) is 9.63 Å². The van der Waals surface area contributed by atoms with Crippen molar-refractivity contribution in [3.05, 3.63) is 10.1 Å². The van der Waals surface area contributed by atoms with Crippen LogP contribution < -0.4 is 0 Å². The van der Waals surface area contributed by atoms with Gasteiger partial charge < -0.3 is 0 Å². The maximum Gasteiger partial charge on any atom is 0.292 e. The van der Waals surface area contributed by atoms with Gasteiger partial charge in [-0.05, 0) is 0 Å². The number of carbonyl (C=O) groups excluding carboxylic acids is 1. The van der Waals surface area contributed by atoms with Crippen molar-refractivity contribution in [1.82, 2.24) is 5.06 Å². The Morgan fingerprint density at radius 3 is 3.00 bits per heavy atom. The third kappa shape index (κ3) is 0.997. The minimum atomic E-state index is -0.818. The number of carbonyl (C=O) groups is 1. The summed E-state index contributed by atoms with van der Waals surface area (Å²) in [4.78, 5) is 26.1. The molecule has 0 aromatic carbocycles. The third-order valence-corrected chi connectivity index (χ3v) is 2.20.